The molecule has 8 heteroatoms. The Bertz CT molecular complexity index is 782. The summed E-state index contributed by atoms with van der Waals surface area (Å²) in [6, 6.07) is 2.46. The van der Waals surface area contributed by atoms with Gasteiger partial charge in [0.2, 0.25) is 0 Å². The van der Waals surface area contributed by atoms with E-state index in [1.54, 1.807) is 0 Å². The number of rotatable bonds is 8. The zero-order valence-corrected chi connectivity index (χ0v) is 18.6. The van der Waals surface area contributed by atoms with E-state index >= 15 is 0 Å². The lowest BCUT2D eigenvalue weighted by molar-refractivity contribution is -0.137. The average Bonchev–Trinajstić information content (AvgIpc) is 3.26. The molecule has 1 aromatic rings. The van der Waals surface area contributed by atoms with E-state index < -0.39 is 23.2 Å². The molecule has 2 saturated heterocycles. The third kappa shape index (κ3) is 6.47. The molecule has 0 aromatic heterocycles. The smallest absolute Gasteiger partial charge is 0.385 e. The van der Waals surface area contributed by atoms with Crippen molar-refractivity contribution in [2.45, 2.75) is 44.7 Å². The minimum absolute atomic E-state index is 0.0377. The molecule has 1 aromatic carbocycles. The standard InChI is InChI=1S/C24H32F5N3/c1-17(32-8-4-5-9-32)16-31-10-6-19(7-11-31)15-30-18(2)20-12-21(23(3,25)26)14-22(13-20)24(27,28)29/h12-14,19,30H,1-2,4-11,15-16H2,3H3. The van der Waals surface area contributed by atoms with Gasteiger partial charge in [-0.3, -0.25) is 4.90 Å². The van der Waals surface area contributed by atoms with E-state index in [0.717, 1.165) is 57.7 Å². The summed E-state index contributed by atoms with van der Waals surface area (Å²) in [5.74, 6) is -3.02. The van der Waals surface area contributed by atoms with Gasteiger partial charge in [0.25, 0.3) is 5.92 Å². The van der Waals surface area contributed by atoms with E-state index in [1.807, 2.05) is 0 Å². The Morgan fingerprint density at radius 1 is 0.969 bits per heavy atom. The van der Waals surface area contributed by atoms with Crippen molar-refractivity contribution in [1.29, 1.82) is 0 Å². The van der Waals surface area contributed by atoms with Crippen LogP contribution < -0.4 is 5.32 Å². The van der Waals surface area contributed by atoms with E-state index in [4.69, 9.17) is 0 Å². The Balaban J connectivity index is 1.53. The van der Waals surface area contributed by atoms with Crippen LogP contribution in [0.4, 0.5) is 22.0 Å². The second-order valence-electron chi connectivity index (χ2n) is 9.02. The van der Waals surface area contributed by atoms with E-state index in [1.165, 1.54) is 18.5 Å². The predicted molar refractivity (Wildman–Crippen MR) is 117 cm³/mol. The van der Waals surface area contributed by atoms with Gasteiger partial charge in [0.15, 0.2) is 0 Å². The molecule has 178 valence electrons. The molecule has 0 radical (unpaired) electrons. The molecule has 2 fully saturated rings. The Labute approximate surface area is 187 Å². The highest BCUT2D eigenvalue weighted by atomic mass is 19.4. The van der Waals surface area contributed by atoms with Gasteiger partial charge >= 0.3 is 6.18 Å². The number of nitrogens with zero attached hydrogens (tertiary/aromatic N) is 2. The first-order valence-corrected chi connectivity index (χ1v) is 11.1. The molecule has 2 aliphatic rings. The molecule has 0 bridgehead atoms. The maximum atomic E-state index is 13.7. The summed E-state index contributed by atoms with van der Waals surface area (Å²) in [5.41, 5.74) is -0.333. The second-order valence-corrected chi connectivity index (χ2v) is 9.02. The highest BCUT2D eigenvalue weighted by Gasteiger charge is 2.34. The average molecular weight is 458 g/mol. The number of likely N-dealkylation sites (tertiary alicyclic amines) is 2. The number of hydrogen-bond donors (Lipinski definition) is 1. The molecule has 0 spiro atoms. The van der Waals surface area contributed by atoms with Crippen LogP contribution >= 0.6 is 0 Å². The lowest BCUT2D eigenvalue weighted by atomic mass is 9.96. The summed E-state index contributed by atoms with van der Waals surface area (Å²) in [5, 5.41) is 3.08. The molecular formula is C24H32F5N3. The Hall–Kier alpha value is -2.09. The third-order valence-corrected chi connectivity index (χ3v) is 6.39. The van der Waals surface area contributed by atoms with Crippen molar-refractivity contribution in [3.63, 3.8) is 0 Å². The summed E-state index contributed by atoms with van der Waals surface area (Å²) in [4.78, 5) is 4.73. The molecule has 0 atom stereocenters. The molecular weight excluding hydrogens is 425 g/mol. The van der Waals surface area contributed by atoms with Crippen molar-refractivity contribution < 1.29 is 22.0 Å². The van der Waals surface area contributed by atoms with Crippen LogP contribution in [0.1, 0.15) is 49.3 Å². The second kappa shape index (κ2) is 9.81. The SMILES string of the molecule is C=C(NCC1CCN(CC(=C)N2CCCC2)CC1)c1cc(C(C)(F)F)cc(C(F)(F)F)c1. The maximum Gasteiger partial charge on any atom is 0.416 e. The molecule has 0 aliphatic carbocycles. The molecule has 0 saturated carbocycles. The van der Waals surface area contributed by atoms with Gasteiger partial charge in [0.1, 0.15) is 0 Å². The summed E-state index contributed by atoms with van der Waals surface area (Å²) in [7, 11) is 0. The number of nitrogens with one attached hydrogen (secondary N) is 1. The normalized spacial score (nSPS) is 18.8. The molecule has 0 unspecified atom stereocenters. The van der Waals surface area contributed by atoms with E-state index in [0.29, 0.717) is 25.5 Å². The number of piperidine rings is 1. The van der Waals surface area contributed by atoms with Gasteiger partial charge in [0, 0.05) is 50.1 Å². The number of alkyl halides is 5. The van der Waals surface area contributed by atoms with E-state index in [2.05, 4.69) is 28.3 Å². The zero-order valence-electron chi connectivity index (χ0n) is 18.6. The van der Waals surface area contributed by atoms with Gasteiger partial charge < -0.3 is 10.2 Å². The number of hydrogen-bond acceptors (Lipinski definition) is 3. The van der Waals surface area contributed by atoms with Crippen molar-refractivity contribution in [3.05, 3.63) is 53.7 Å². The first-order chi connectivity index (χ1) is 14.9. The van der Waals surface area contributed by atoms with E-state index in [9.17, 15) is 22.0 Å². The largest absolute Gasteiger partial charge is 0.416 e. The van der Waals surface area contributed by atoms with Crippen LogP contribution in [-0.4, -0.2) is 49.1 Å². The van der Waals surface area contributed by atoms with Crippen LogP contribution in [0.15, 0.2) is 37.1 Å². The maximum absolute atomic E-state index is 13.7. The minimum Gasteiger partial charge on any atom is -0.385 e. The van der Waals surface area contributed by atoms with Crippen LogP contribution in [0, 0.1) is 5.92 Å². The van der Waals surface area contributed by atoms with Gasteiger partial charge in [-0.05, 0) is 68.5 Å². The minimum atomic E-state index is -4.71. The van der Waals surface area contributed by atoms with Gasteiger partial charge in [-0.2, -0.15) is 13.2 Å². The summed E-state index contributed by atoms with van der Waals surface area (Å²) in [6.45, 7) is 14.1. The molecule has 3 nitrogen and oxygen atoms in total. The lowest BCUT2D eigenvalue weighted by Crippen LogP contribution is -2.39. The monoisotopic (exact) mass is 457 g/mol. The van der Waals surface area contributed by atoms with Crippen molar-refractivity contribution in [1.82, 2.24) is 15.1 Å². The van der Waals surface area contributed by atoms with Crippen LogP contribution in [0.25, 0.3) is 5.70 Å². The highest BCUT2D eigenvalue weighted by Crippen LogP contribution is 2.36. The molecule has 0 amide bonds. The highest BCUT2D eigenvalue weighted by molar-refractivity contribution is 5.63. The molecule has 3 rings (SSSR count). The van der Waals surface area contributed by atoms with Crippen molar-refractivity contribution in [3.8, 4) is 0 Å². The zero-order chi connectivity index (χ0) is 23.5. The van der Waals surface area contributed by atoms with Gasteiger partial charge in [-0.15, -0.1) is 0 Å². The van der Waals surface area contributed by atoms with Crippen molar-refractivity contribution >= 4 is 5.70 Å². The number of halogens is 5. The summed E-state index contributed by atoms with van der Waals surface area (Å²) < 4.78 is 67.1. The Morgan fingerprint density at radius 2 is 1.56 bits per heavy atom. The van der Waals surface area contributed by atoms with E-state index in [-0.39, 0.29) is 11.3 Å². The van der Waals surface area contributed by atoms with Gasteiger partial charge in [0.05, 0.1) is 5.56 Å². The summed E-state index contributed by atoms with van der Waals surface area (Å²) in [6.07, 6.45) is -0.356. The Morgan fingerprint density at radius 3 is 2.12 bits per heavy atom. The predicted octanol–water partition coefficient (Wildman–Crippen LogP) is 5.70. The molecule has 32 heavy (non-hydrogen) atoms. The molecule has 2 heterocycles. The molecule has 2 aliphatic heterocycles. The quantitative estimate of drug-likeness (QED) is 0.506. The van der Waals surface area contributed by atoms with Crippen LogP contribution in [0.5, 0.6) is 0 Å². The first kappa shape index (κ1) is 24.6. The van der Waals surface area contributed by atoms with Crippen LogP contribution in [0.3, 0.4) is 0 Å². The fraction of sp³-hybridized carbons (Fsp3) is 0.583. The first-order valence-electron chi connectivity index (χ1n) is 11.1. The fourth-order valence-electron chi connectivity index (χ4n) is 4.33. The third-order valence-electron chi connectivity index (χ3n) is 6.39. The van der Waals surface area contributed by atoms with Gasteiger partial charge in [-0.25, -0.2) is 8.78 Å². The van der Waals surface area contributed by atoms with Gasteiger partial charge in [-0.1, -0.05) is 13.2 Å². The number of benzene rings is 1. The molecule has 1 N–H and O–H groups in total. The summed E-state index contributed by atoms with van der Waals surface area (Å²) >= 11 is 0. The Kier molecular flexibility index (Phi) is 7.53. The van der Waals surface area contributed by atoms with Crippen LogP contribution in [-0.2, 0) is 12.1 Å². The van der Waals surface area contributed by atoms with Crippen molar-refractivity contribution in [2.75, 3.05) is 39.3 Å². The topological polar surface area (TPSA) is 18.5 Å². The lowest BCUT2D eigenvalue weighted by Gasteiger charge is -2.34. The fourth-order valence-corrected chi connectivity index (χ4v) is 4.33. The van der Waals surface area contributed by atoms with Crippen molar-refractivity contribution in [2.24, 2.45) is 5.92 Å². The van der Waals surface area contributed by atoms with Crippen LogP contribution in [0.2, 0.25) is 0 Å².